The molecule has 3 heteroatoms. The van der Waals surface area contributed by atoms with E-state index in [0.29, 0.717) is 33.1 Å². The first kappa shape index (κ1) is 14.5. The zero-order valence-electron chi connectivity index (χ0n) is 13.4. The topological polar surface area (TPSA) is 42.9 Å². The molecule has 3 nitrogen and oxygen atoms in total. The lowest BCUT2D eigenvalue weighted by Crippen LogP contribution is -2.30. The van der Waals surface area contributed by atoms with E-state index in [1.165, 1.54) is 0 Å². The molecule has 0 saturated heterocycles. The first-order valence-corrected chi connectivity index (χ1v) is 7.75. The van der Waals surface area contributed by atoms with Crippen LogP contribution in [0.25, 0.3) is 35.8 Å². The second-order valence-corrected chi connectivity index (χ2v) is 6.17. The summed E-state index contributed by atoms with van der Waals surface area (Å²) >= 11 is 0. The smallest absolute Gasteiger partial charge is 0.213 e. The molecular formula is C21H16N2O. The highest BCUT2D eigenvalue weighted by Gasteiger charge is 2.30. The van der Waals surface area contributed by atoms with Crippen LogP contribution in [-0.2, 0) is 6.42 Å². The lowest BCUT2D eigenvalue weighted by atomic mass is 9.86. The van der Waals surface area contributed by atoms with Gasteiger partial charge in [0.15, 0.2) is 0 Å². The first-order chi connectivity index (χ1) is 11.4. The Kier molecular flexibility index (Phi) is 2.85. The summed E-state index contributed by atoms with van der Waals surface area (Å²) in [5.41, 5.74) is 5.81. The van der Waals surface area contributed by atoms with Crippen molar-refractivity contribution >= 4 is 41.6 Å². The highest BCUT2D eigenvalue weighted by molar-refractivity contribution is 6.19. The summed E-state index contributed by atoms with van der Waals surface area (Å²) in [7, 11) is 0. The van der Waals surface area contributed by atoms with Gasteiger partial charge in [-0.25, -0.2) is 9.97 Å². The third-order valence-corrected chi connectivity index (χ3v) is 4.83. The zero-order chi connectivity index (χ0) is 17.2. The SMILES string of the molecule is C=C1C(=C)C(=O)c2nc3c(=C)c(=C)c4c(c3nc2C1=C)CCC=C4. The number of aryl methyl sites for hydroxylation is 1. The van der Waals surface area contributed by atoms with Crippen LogP contribution in [0.15, 0.2) is 37.0 Å². The van der Waals surface area contributed by atoms with Gasteiger partial charge in [0, 0.05) is 16.4 Å². The number of hydrogen-bond acceptors (Lipinski definition) is 3. The van der Waals surface area contributed by atoms with Crippen LogP contribution in [0.2, 0.25) is 0 Å². The fourth-order valence-corrected chi connectivity index (χ4v) is 3.33. The summed E-state index contributed by atoms with van der Waals surface area (Å²) in [5, 5.41) is 1.55. The molecule has 0 unspecified atom stereocenters. The molecule has 2 aliphatic rings. The number of rotatable bonds is 0. The van der Waals surface area contributed by atoms with Crippen molar-refractivity contribution in [1.82, 2.24) is 9.97 Å². The molecule has 0 aliphatic heterocycles. The van der Waals surface area contributed by atoms with Gasteiger partial charge in [0.2, 0.25) is 5.78 Å². The van der Waals surface area contributed by atoms with Crippen LogP contribution in [0.3, 0.4) is 0 Å². The van der Waals surface area contributed by atoms with E-state index in [0.717, 1.165) is 34.7 Å². The fraction of sp³-hybridized carbons (Fsp3) is 0.0952. The Morgan fingerprint density at radius 1 is 0.833 bits per heavy atom. The molecule has 2 aliphatic carbocycles. The van der Waals surface area contributed by atoms with Gasteiger partial charge in [0.1, 0.15) is 11.4 Å². The van der Waals surface area contributed by atoms with Crippen LogP contribution in [0, 0.1) is 0 Å². The maximum atomic E-state index is 12.5. The number of allylic oxidation sites excluding steroid dienone is 4. The maximum absolute atomic E-state index is 12.5. The third-order valence-electron chi connectivity index (χ3n) is 4.83. The van der Waals surface area contributed by atoms with Crippen molar-refractivity contribution in [2.45, 2.75) is 12.8 Å². The van der Waals surface area contributed by atoms with Crippen molar-refractivity contribution < 1.29 is 4.79 Å². The van der Waals surface area contributed by atoms with Crippen molar-refractivity contribution in [3.05, 3.63) is 69.9 Å². The van der Waals surface area contributed by atoms with Crippen LogP contribution in [0.4, 0.5) is 0 Å². The Hall–Kier alpha value is -3.07. The number of hydrogen-bond donors (Lipinski definition) is 0. The van der Waals surface area contributed by atoms with Gasteiger partial charge in [-0.3, -0.25) is 4.79 Å². The van der Waals surface area contributed by atoms with E-state index in [4.69, 9.17) is 4.98 Å². The molecule has 0 saturated carbocycles. The molecule has 0 fully saturated rings. The number of aromatic nitrogens is 2. The molecule has 0 atom stereocenters. The summed E-state index contributed by atoms with van der Waals surface area (Å²) in [5.74, 6) is -0.251. The van der Waals surface area contributed by atoms with Gasteiger partial charge in [-0.2, -0.15) is 0 Å². The number of nitrogens with zero attached hydrogens (tertiary/aromatic N) is 2. The summed E-state index contributed by atoms with van der Waals surface area (Å²) in [6.07, 6.45) is 6.01. The van der Waals surface area contributed by atoms with Gasteiger partial charge in [-0.15, -0.1) is 0 Å². The Morgan fingerprint density at radius 3 is 2.29 bits per heavy atom. The van der Waals surface area contributed by atoms with Crippen molar-refractivity contribution in [1.29, 1.82) is 0 Å². The van der Waals surface area contributed by atoms with Crippen molar-refractivity contribution in [2.24, 2.45) is 0 Å². The highest BCUT2D eigenvalue weighted by atomic mass is 16.1. The number of benzene rings is 1. The number of ketones is 1. The second-order valence-electron chi connectivity index (χ2n) is 6.17. The number of carbonyl (C=O) groups excluding carboxylic acids is 1. The number of carbonyl (C=O) groups is 1. The Morgan fingerprint density at radius 2 is 1.54 bits per heavy atom. The van der Waals surface area contributed by atoms with Gasteiger partial charge in [0.25, 0.3) is 0 Å². The molecule has 1 heterocycles. The third kappa shape index (κ3) is 1.69. The van der Waals surface area contributed by atoms with E-state index < -0.39 is 0 Å². The minimum Gasteiger partial charge on any atom is -0.287 e. The lowest BCUT2D eigenvalue weighted by molar-refractivity contribution is 0.103. The summed E-state index contributed by atoms with van der Waals surface area (Å²) < 4.78 is 0. The molecule has 0 bridgehead atoms. The molecule has 1 aromatic carbocycles. The van der Waals surface area contributed by atoms with Gasteiger partial charge in [0.05, 0.1) is 11.0 Å². The Labute approximate surface area is 139 Å². The van der Waals surface area contributed by atoms with Crippen LogP contribution < -0.4 is 10.4 Å². The lowest BCUT2D eigenvalue weighted by Gasteiger charge is -2.22. The average molecular weight is 312 g/mol. The van der Waals surface area contributed by atoms with Gasteiger partial charge in [-0.1, -0.05) is 45.0 Å². The molecule has 0 radical (unpaired) electrons. The normalized spacial score (nSPS) is 16.5. The number of Topliss-reactive ketones (excluding diaryl/α,β-unsaturated/α-hetero) is 1. The molecule has 0 N–H and O–H groups in total. The molecule has 24 heavy (non-hydrogen) atoms. The van der Waals surface area contributed by atoms with Crippen LogP contribution in [-0.4, -0.2) is 15.8 Å². The molecule has 2 aromatic rings. The van der Waals surface area contributed by atoms with E-state index in [1.807, 2.05) is 0 Å². The molecule has 4 rings (SSSR count). The minimum absolute atomic E-state index is 0.251. The van der Waals surface area contributed by atoms with Gasteiger partial charge >= 0.3 is 0 Å². The van der Waals surface area contributed by atoms with E-state index in [1.54, 1.807) is 0 Å². The van der Waals surface area contributed by atoms with Crippen molar-refractivity contribution in [3.8, 4) is 0 Å². The Bertz CT molecular complexity index is 1150. The molecule has 1 aromatic heterocycles. The predicted molar refractivity (Wildman–Crippen MR) is 98.8 cm³/mol. The predicted octanol–water partition coefficient (Wildman–Crippen LogP) is 2.73. The summed E-state index contributed by atoms with van der Waals surface area (Å²) in [4.78, 5) is 21.9. The zero-order valence-corrected chi connectivity index (χ0v) is 13.4. The molecular weight excluding hydrogens is 296 g/mol. The Balaban J connectivity index is 2.20. The largest absolute Gasteiger partial charge is 0.287 e. The first-order valence-electron chi connectivity index (χ1n) is 7.75. The molecule has 0 spiro atoms. The quantitative estimate of drug-likeness (QED) is 0.703. The van der Waals surface area contributed by atoms with Gasteiger partial charge < -0.3 is 0 Å². The second kappa shape index (κ2) is 4.71. The maximum Gasteiger partial charge on any atom is 0.213 e. The van der Waals surface area contributed by atoms with Crippen LogP contribution in [0.5, 0.6) is 0 Å². The highest BCUT2D eigenvalue weighted by Crippen LogP contribution is 2.34. The van der Waals surface area contributed by atoms with Crippen molar-refractivity contribution in [2.75, 3.05) is 0 Å². The van der Waals surface area contributed by atoms with Crippen LogP contribution >= 0.6 is 0 Å². The number of fused-ring (bicyclic) bond motifs is 4. The monoisotopic (exact) mass is 312 g/mol. The van der Waals surface area contributed by atoms with Crippen molar-refractivity contribution in [3.63, 3.8) is 0 Å². The van der Waals surface area contributed by atoms with E-state index in [2.05, 4.69) is 50.0 Å². The minimum atomic E-state index is -0.251. The average Bonchev–Trinajstić information content (AvgIpc) is 2.61. The van der Waals surface area contributed by atoms with Crippen LogP contribution in [0.1, 0.15) is 33.7 Å². The van der Waals surface area contributed by atoms with E-state index in [-0.39, 0.29) is 11.5 Å². The molecule has 116 valence electrons. The van der Waals surface area contributed by atoms with E-state index >= 15 is 0 Å². The van der Waals surface area contributed by atoms with E-state index in [9.17, 15) is 4.79 Å². The summed E-state index contributed by atoms with van der Waals surface area (Å²) in [6.45, 7) is 20.0. The summed E-state index contributed by atoms with van der Waals surface area (Å²) in [6, 6.07) is 0. The molecule has 0 amide bonds. The standard InChI is InChI=1S/C21H16N2O/c1-10-12(3)18-20(21(24)14(10)5)23-17-13(4)11(2)15-8-6-7-9-16(15)19(17)22-18/h6,8H,1-5,7,9H2. The van der Waals surface area contributed by atoms with Gasteiger partial charge in [-0.05, 0) is 34.8 Å². The fourth-order valence-electron chi connectivity index (χ4n) is 3.33.